The topological polar surface area (TPSA) is 121 Å². The number of amides is 1. The van der Waals surface area contributed by atoms with Gasteiger partial charge in [0.25, 0.3) is 0 Å². The summed E-state index contributed by atoms with van der Waals surface area (Å²) in [5.41, 5.74) is 9.90. The molecule has 2 aromatic carbocycles. The number of nitrogens with two attached hydrogens (primary N) is 1. The molecule has 1 aromatic heterocycles. The van der Waals surface area contributed by atoms with Crippen LogP contribution in [0.4, 0.5) is 5.69 Å². The Hall–Kier alpha value is -3.45. The van der Waals surface area contributed by atoms with Gasteiger partial charge in [-0.25, -0.2) is 4.98 Å². The van der Waals surface area contributed by atoms with E-state index in [1.165, 1.54) is 0 Å². The molecule has 0 fully saturated rings. The molecule has 4 rings (SSSR count). The summed E-state index contributed by atoms with van der Waals surface area (Å²) in [4.78, 5) is 32.8. The molecular weight excluding hydrogens is 356 g/mol. The molecule has 0 radical (unpaired) electrons. The maximum absolute atomic E-state index is 13.1. The van der Waals surface area contributed by atoms with Crippen molar-refractivity contribution in [2.24, 2.45) is 5.73 Å². The number of rotatable bonds is 5. The van der Waals surface area contributed by atoms with E-state index in [-0.39, 0.29) is 17.4 Å². The number of carbonyl (C=O) groups is 2. The molecule has 0 aliphatic carbocycles. The van der Waals surface area contributed by atoms with Gasteiger partial charge in [0.05, 0.1) is 24.0 Å². The molecule has 0 saturated carbocycles. The Labute approximate surface area is 161 Å². The van der Waals surface area contributed by atoms with Crippen molar-refractivity contribution in [1.82, 2.24) is 9.97 Å². The third-order valence-corrected chi connectivity index (χ3v) is 5.06. The second-order valence-electron chi connectivity index (χ2n) is 6.97. The van der Waals surface area contributed by atoms with Crippen LogP contribution in [-0.2, 0) is 11.2 Å². The molecule has 0 bridgehead atoms. The fourth-order valence-corrected chi connectivity index (χ4v) is 3.63. The molecule has 1 aliphatic heterocycles. The molecule has 2 heterocycles. The standard InChI is InChI=1S/C21H20N4O3/c1-11-7-12(5-6-17(11)26)18-19-14(3-2-4-16(19)25-21(18)28)20(27)15(22)8-13-9-23-10-24-13/h2-7,9-10,15,18,26H,8,22H2,1H3,(H,23,24)(H,25,28)/t15-,18?/m0/s1. The fourth-order valence-electron chi connectivity index (χ4n) is 3.63. The number of nitrogens with one attached hydrogen (secondary N) is 2. The van der Waals surface area contributed by atoms with E-state index in [1.807, 2.05) is 0 Å². The Bertz CT molecular complexity index is 1060. The Balaban J connectivity index is 1.74. The average Bonchev–Trinajstić information content (AvgIpc) is 3.29. The van der Waals surface area contributed by atoms with Gasteiger partial charge in [-0.1, -0.05) is 24.3 Å². The summed E-state index contributed by atoms with van der Waals surface area (Å²) >= 11 is 0. The number of nitrogens with zero attached hydrogens (tertiary/aromatic N) is 1. The number of H-pyrrole nitrogens is 1. The van der Waals surface area contributed by atoms with Crippen molar-refractivity contribution >= 4 is 17.4 Å². The number of ketones is 1. The van der Waals surface area contributed by atoms with Gasteiger partial charge < -0.3 is 21.1 Å². The third kappa shape index (κ3) is 3.05. The Kier molecular flexibility index (Phi) is 4.44. The first-order valence-corrected chi connectivity index (χ1v) is 8.96. The van der Waals surface area contributed by atoms with Crippen LogP contribution >= 0.6 is 0 Å². The maximum atomic E-state index is 13.1. The minimum Gasteiger partial charge on any atom is -0.508 e. The van der Waals surface area contributed by atoms with Gasteiger partial charge in [0, 0.05) is 29.4 Å². The number of imidazole rings is 1. The summed E-state index contributed by atoms with van der Waals surface area (Å²) < 4.78 is 0. The largest absolute Gasteiger partial charge is 0.508 e. The molecule has 1 aliphatic rings. The quantitative estimate of drug-likeness (QED) is 0.509. The zero-order chi connectivity index (χ0) is 19.8. The predicted octanol–water partition coefficient (Wildman–Crippen LogP) is 2.26. The van der Waals surface area contributed by atoms with Crippen molar-refractivity contribution < 1.29 is 14.7 Å². The van der Waals surface area contributed by atoms with Crippen LogP contribution in [0.2, 0.25) is 0 Å². The number of phenols is 1. The number of aromatic hydroxyl groups is 1. The van der Waals surface area contributed by atoms with Crippen LogP contribution in [0.15, 0.2) is 48.9 Å². The number of fused-ring (bicyclic) bond motifs is 1. The van der Waals surface area contributed by atoms with Crippen molar-refractivity contribution in [2.75, 3.05) is 5.32 Å². The lowest BCUT2D eigenvalue weighted by Gasteiger charge is -2.16. The van der Waals surface area contributed by atoms with Gasteiger partial charge in [0.2, 0.25) is 5.91 Å². The Morgan fingerprint density at radius 3 is 2.86 bits per heavy atom. The van der Waals surface area contributed by atoms with E-state index in [0.717, 1.165) is 0 Å². The normalized spacial score (nSPS) is 16.5. The van der Waals surface area contributed by atoms with Crippen LogP contribution in [0, 0.1) is 6.92 Å². The van der Waals surface area contributed by atoms with Crippen LogP contribution in [0.25, 0.3) is 0 Å². The van der Waals surface area contributed by atoms with Gasteiger partial charge in [0.1, 0.15) is 5.75 Å². The number of hydrogen-bond acceptors (Lipinski definition) is 5. The minimum absolute atomic E-state index is 0.160. The smallest absolute Gasteiger partial charge is 0.236 e. The van der Waals surface area contributed by atoms with Gasteiger partial charge in [-0.05, 0) is 30.2 Å². The van der Waals surface area contributed by atoms with Crippen molar-refractivity contribution in [3.63, 3.8) is 0 Å². The molecule has 1 amide bonds. The number of hydrogen-bond donors (Lipinski definition) is 4. The number of aromatic amines is 1. The summed E-state index contributed by atoms with van der Waals surface area (Å²) in [6.45, 7) is 1.77. The highest BCUT2D eigenvalue weighted by Crippen LogP contribution is 2.40. The molecule has 7 nitrogen and oxygen atoms in total. The molecule has 3 aromatic rings. The van der Waals surface area contributed by atoms with E-state index in [0.29, 0.717) is 40.1 Å². The second kappa shape index (κ2) is 6.94. The van der Waals surface area contributed by atoms with Gasteiger partial charge in [-0.3, -0.25) is 9.59 Å². The summed E-state index contributed by atoms with van der Waals surface area (Å²) in [5.74, 6) is -0.919. The number of carbonyl (C=O) groups excluding carboxylic acids is 2. The molecule has 142 valence electrons. The van der Waals surface area contributed by atoms with Crippen molar-refractivity contribution in [2.45, 2.75) is 25.3 Å². The SMILES string of the molecule is Cc1cc(C2C(=O)Nc3cccc(C(=O)[C@@H](N)Cc4c[nH]cn4)c32)ccc1O. The van der Waals surface area contributed by atoms with E-state index in [9.17, 15) is 14.7 Å². The van der Waals surface area contributed by atoms with Crippen LogP contribution < -0.4 is 11.1 Å². The number of aromatic nitrogens is 2. The van der Waals surface area contributed by atoms with E-state index in [2.05, 4.69) is 15.3 Å². The number of Topliss-reactive ketones (excluding diaryl/α,β-unsaturated/α-hetero) is 1. The van der Waals surface area contributed by atoms with E-state index in [1.54, 1.807) is 55.8 Å². The highest BCUT2D eigenvalue weighted by Gasteiger charge is 2.36. The molecule has 2 atom stereocenters. The fraction of sp³-hybridized carbons (Fsp3) is 0.190. The maximum Gasteiger partial charge on any atom is 0.236 e. The monoisotopic (exact) mass is 376 g/mol. The van der Waals surface area contributed by atoms with E-state index >= 15 is 0 Å². The van der Waals surface area contributed by atoms with Crippen LogP contribution in [-0.4, -0.2) is 32.8 Å². The lowest BCUT2D eigenvalue weighted by atomic mass is 9.85. The first kappa shape index (κ1) is 17.9. The summed E-state index contributed by atoms with van der Waals surface area (Å²) in [7, 11) is 0. The van der Waals surface area contributed by atoms with Gasteiger partial charge in [0.15, 0.2) is 5.78 Å². The molecule has 28 heavy (non-hydrogen) atoms. The molecule has 0 spiro atoms. The van der Waals surface area contributed by atoms with Crippen LogP contribution in [0.5, 0.6) is 5.75 Å². The van der Waals surface area contributed by atoms with Crippen molar-refractivity contribution in [3.05, 3.63) is 76.9 Å². The lowest BCUT2D eigenvalue weighted by Crippen LogP contribution is -2.33. The summed E-state index contributed by atoms with van der Waals surface area (Å²) in [5, 5.41) is 12.7. The Morgan fingerprint density at radius 1 is 1.32 bits per heavy atom. The molecule has 1 unspecified atom stereocenters. The number of benzene rings is 2. The first-order chi connectivity index (χ1) is 13.5. The first-order valence-electron chi connectivity index (χ1n) is 8.96. The van der Waals surface area contributed by atoms with E-state index < -0.39 is 12.0 Å². The summed E-state index contributed by atoms with van der Waals surface area (Å²) in [6, 6.07) is 9.46. The van der Waals surface area contributed by atoms with Gasteiger partial charge in [-0.2, -0.15) is 0 Å². The average molecular weight is 376 g/mol. The molecular formula is C21H20N4O3. The van der Waals surface area contributed by atoms with Crippen molar-refractivity contribution in [3.8, 4) is 5.75 Å². The predicted molar refractivity (Wildman–Crippen MR) is 104 cm³/mol. The highest BCUT2D eigenvalue weighted by molar-refractivity contribution is 6.11. The Morgan fingerprint density at radius 2 is 2.14 bits per heavy atom. The third-order valence-electron chi connectivity index (χ3n) is 5.06. The number of phenolic OH excluding ortho intramolecular Hbond substituents is 1. The zero-order valence-electron chi connectivity index (χ0n) is 15.3. The second-order valence-corrected chi connectivity index (χ2v) is 6.97. The molecule has 5 N–H and O–H groups in total. The number of anilines is 1. The zero-order valence-corrected chi connectivity index (χ0v) is 15.3. The van der Waals surface area contributed by atoms with Crippen LogP contribution in [0.3, 0.4) is 0 Å². The number of aryl methyl sites for hydroxylation is 1. The highest BCUT2D eigenvalue weighted by atomic mass is 16.3. The lowest BCUT2D eigenvalue weighted by molar-refractivity contribution is -0.116. The van der Waals surface area contributed by atoms with Gasteiger partial charge in [-0.15, -0.1) is 0 Å². The summed E-state index contributed by atoms with van der Waals surface area (Å²) in [6.07, 6.45) is 3.55. The minimum atomic E-state index is -0.771. The molecule has 0 saturated heterocycles. The van der Waals surface area contributed by atoms with Gasteiger partial charge >= 0.3 is 0 Å². The van der Waals surface area contributed by atoms with Crippen molar-refractivity contribution in [1.29, 1.82) is 0 Å². The van der Waals surface area contributed by atoms with Crippen LogP contribution in [0.1, 0.15) is 38.7 Å². The van der Waals surface area contributed by atoms with E-state index in [4.69, 9.17) is 5.73 Å². The molecule has 7 heteroatoms.